The zero-order chi connectivity index (χ0) is 15.9. The van der Waals surface area contributed by atoms with Crippen molar-refractivity contribution in [3.8, 4) is 5.75 Å². The summed E-state index contributed by atoms with van der Waals surface area (Å²) in [6, 6.07) is 13.0. The number of non-ortho nitro benzene ring substituents is 1. The van der Waals surface area contributed by atoms with Crippen LogP contribution in [0.1, 0.15) is 5.56 Å². The molecular weight excluding hydrogens is 284 g/mol. The number of nitro groups is 1. The molecule has 2 aromatic carbocycles. The number of nitro benzene ring substituents is 1. The Morgan fingerprint density at radius 2 is 2.00 bits per heavy atom. The fourth-order valence-electron chi connectivity index (χ4n) is 1.85. The number of ether oxygens (including phenoxy) is 1. The van der Waals surface area contributed by atoms with E-state index in [2.05, 4.69) is 5.32 Å². The summed E-state index contributed by atoms with van der Waals surface area (Å²) < 4.78 is 5.18. The lowest BCUT2D eigenvalue weighted by Crippen LogP contribution is -2.07. The van der Waals surface area contributed by atoms with Crippen molar-refractivity contribution in [2.24, 2.45) is 0 Å². The number of amides is 1. The van der Waals surface area contributed by atoms with E-state index < -0.39 is 4.92 Å². The van der Waals surface area contributed by atoms with Gasteiger partial charge >= 0.3 is 0 Å². The molecular formula is C16H14N2O4. The molecule has 0 fully saturated rings. The van der Waals surface area contributed by atoms with Crippen molar-refractivity contribution in [3.63, 3.8) is 0 Å². The van der Waals surface area contributed by atoms with Crippen molar-refractivity contribution in [3.05, 3.63) is 70.3 Å². The predicted octanol–water partition coefficient (Wildman–Crippen LogP) is 3.26. The van der Waals surface area contributed by atoms with Crippen LogP contribution in [0.4, 0.5) is 11.4 Å². The number of anilines is 1. The monoisotopic (exact) mass is 298 g/mol. The molecule has 0 unspecified atom stereocenters. The quantitative estimate of drug-likeness (QED) is 0.522. The van der Waals surface area contributed by atoms with E-state index in [4.69, 9.17) is 4.74 Å². The lowest BCUT2D eigenvalue weighted by Gasteiger charge is -2.04. The van der Waals surface area contributed by atoms with Gasteiger partial charge in [0, 0.05) is 29.5 Å². The summed E-state index contributed by atoms with van der Waals surface area (Å²) in [5.41, 5.74) is 1.05. The molecule has 1 N–H and O–H groups in total. The summed E-state index contributed by atoms with van der Waals surface area (Å²) in [5.74, 6) is 0.272. The Balaban J connectivity index is 2.08. The molecule has 2 aromatic rings. The summed E-state index contributed by atoms with van der Waals surface area (Å²) in [7, 11) is 1.55. The molecule has 0 aromatic heterocycles. The van der Waals surface area contributed by atoms with Gasteiger partial charge < -0.3 is 10.1 Å². The van der Waals surface area contributed by atoms with Crippen LogP contribution in [0.2, 0.25) is 0 Å². The minimum absolute atomic E-state index is 0.0773. The van der Waals surface area contributed by atoms with Gasteiger partial charge in [-0.25, -0.2) is 0 Å². The standard InChI is InChI=1S/C16H14N2O4/c1-22-15-8-3-2-5-12(15)9-10-16(19)17-13-6-4-7-14(11-13)18(20)21/h2-11H,1H3,(H,17,19)/b10-9+. The van der Waals surface area contributed by atoms with E-state index in [1.807, 2.05) is 18.2 Å². The number of methoxy groups -OCH3 is 1. The van der Waals surface area contributed by atoms with E-state index in [9.17, 15) is 14.9 Å². The summed E-state index contributed by atoms with van der Waals surface area (Å²) in [4.78, 5) is 22.0. The van der Waals surface area contributed by atoms with Gasteiger partial charge in [-0.05, 0) is 18.2 Å². The Labute approximate surface area is 127 Å². The highest BCUT2D eigenvalue weighted by molar-refractivity contribution is 6.02. The summed E-state index contributed by atoms with van der Waals surface area (Å²) in [6.07, 6.45) is 2.96. The van der Waals surface area contributed by atoms with Crippen molar-refractivity contribution in [1.82, 2.24) is 0 Å². The van der Waals surface area contributed by atoms with E-state index in [-0.39, 0.29) is 11.6 Å². The van der Waals surface area contributed by atoms with Gasteiger partial charge in [-0.15, -0.1) is 0 Å². The summed E-state index contributed by atoms with van der Waals surface area (Å²) >= 11 is 0. The Bertz CT molecular complexity index is 726. The number of hydrogen-bond donors (Lipinski definition) is 1. The summed E-state index contributed by atoms with van der Waals surface area (Å²) in [5, 5.41) is 13.3. The fraction of sp³-hybridized carbons (Fsp3) is 0.0625. The molecule has 0 spiro atoms. The third-order valence-electron chi connectivity index (χ3n) is 2.88. The summed E-state index contributed by atoms with van der Waals surface area (Å²) in [6.45, 7) is 0. The van der Waals surface area contributed by atoms with Crippen molar-refractivity contribution >= 4 is 23.4 Å². The Hall–Kier alpha value is -3.15. The van der Waals surface area contributed by atoms with Crippen LogP contribution >= 0.6 is 0 Å². The van der Waals surface area contributed by atoms with Crippen molar-refractivity contribution in [1.29, 1.82) is 0 Å². The zero-order valence-electron chi connectivity index (χ0n) is 11.9. The molecule has 0 saturated carbocycles. The van der Waals surface area contributed by atoms with Crippen molar-refractivity contribution in [2.75, 3.05) is 12.4 Å². The molecule has 6 heteroatoms. The van der Waals surface area contributed by atoms with Gasteiger partial charge in [0.05, 0.1) is 12.0 Å². The Morgan fingerprint density at radius 3 is 2.73 bits per heavy atom. The molecule has 0 aliphatic carbocycles. The third kappa shape index (κ3) is 3.92. The van der Waals surface area contributed by atoms with Gasteiger partial charge in [0.1, 0.15) is 5.75 Å². The van der Waals surface area contributed by atoms with Gasteiger partial charge in [-0.2, -0.15) is 0 Å². The first kappa shape index (κ1) is 15.2. The van der Waals surface area contributed by atoms with Gasteiger partial charge in [-0.1, -0.05) is 24.3 Å². The number of carbonyl (C=O) groups is 1. The molecule has 22 heavy (non-hydrogen) atoms. The second kappa shape index (κ2) is 7.03. The Morgan fingerprint density at radius 1 is 1.23 bits per heavy atom. The maximum Gasteiger partial charge on any atom is 0.271 e. The second-order valence-electron chi connectivity index (χ2n) is 4.37. The van der Waals surface area contributed by atoms with Crippen LogP contribution in [0.15, 0.2) is 54.6 Å². The minimum atomic E-state index is -0.514. The molecule has 0 bridgehead atoms. The van der Waals surface area contributed by atoms with E-state index in [0.29, 0.717) is 11.4 Å². The highest BCUT2D eigenvalue weighted by atomic mass is 16.6. The number of nitrogens with zero attached hydrogens (tertiary/aromatic N) is 1. The number of para-hydroxylation sites is 1. The van der Waals surface area contributed by atoms with Gasteiger partial charge in [0.25, 0.3) is 5.69 Å². The SMILES string of the molecule is COc1ccccc1/C=C/C(=O)Nc1cccc([N+](=O)[O-])c1. The number of rotatable bonds is 5. The van der Waals surface area contributed by atoms with E-state index in [1.165, 1.54) is 24.3 Å². The molecule has 0 aliphatic heterocycles. The van der Waals surface area contributed by atoms with Crippen LogP contribution in [0.5, 0.6) is 5.75 Å². The fourth-order valence-corrected chi connectivity index (χ4v) is 1.85. The number of benzene rings is 2. The van der Waals surface area contributed by atoms with Crippen LogP contribution in [-0.4, -0.2) is 17.9 Å². The molecule has 1 amide bonds. The molecule has 0 aliphatic rings. The zero-order valence-corrected chi connectivity index (χ0v) is 11.9. The first-order valence-electron chi connectivity index (χ1n) is 6.46. The number of carbonyl (C=O) groups excluding carboxylic acids is 1. The van der Waals surface area contributed by atoms with E-state index in [0.717, 1.165) is 5.56 Å². The lowest BCUT2D eigenvalue weighted by molar-refractivity contribution is -0.384. The molecule has 2 rings (SSSR count). The van der Waals surface area contributed by atoms with E-state index >= 15 is 0 Å². The average molecular weight is 298 g/mol. The Kier molecular flexibility index (Phi) is 4.87. The van der Waals surface area contributed by atoms with Crippen molar-refractivity contribution < 1.29 is 14.5 Å². The van der Waals surface area contributed by atoms with E-state index in [1.54, 1.807) is 25.3 Å². The lowest BCUT2D eigenvalue weighted by atomic mass is 10.2. The highest BCUT2D eigenvalue weighted by Gasteiger charge is 2.06. The normalized spacial score (nSPS) is 10.4. The highest BCUT2D eigenvalue weighted by Crippen LogP contribution is 2.19. The van der Waals surface area contributed by atoms with Crippen LogP contribution in [0.25, 0.3) is 6.08 Å². The van der Waals surface area contributed by atoms with Gasteiger partial charge in [-0.3, -0.25) is 14.9 Å². The number of nitrogens with one attached hydrogen (secondary N) is 1. The van der Waals surface area contributed by atoms with Gasteiger partial charge in [0.15, 0.2) is 0 Å². The molecule has 0 radical (unpaired) electrons. The number of hydrogen-bond acceptors (Lipinski definition) is 4. The van der Waals surface area contributed by atoms with Crippen molar-refractivity contribution in [2.45, 2.75) is 0 Å². The average Bonchev–Trinajstić information content (AvgIpc) is 2.53. The molecule has 112 valence electrons. The maximum absolute atomic E-state index is 11.9. The van der Waals surface area contributed by atoms with Crippen LogP contribution < -0.4 is 10.1 Å². The van der Waals surface area contributed by atoms with Crippen LogP contribution in [-0.2, 0) is 4.79 Å². The topological polar surface area (TPSA) is 81.5 Å². The molecule has 6 nitrogen and oxygen atoms in total. The first-order chi connectivity index (χ1) is 10.6. The maximum atomic E-state index is 11.9. The smallest absolute Gasteiger partial charge is 0.271 e. The second-order valence-corrected chi connectivity index (χ2v) is 4.37. The van der Waals surface area contributed by atoms with Gasteiger partial charge in [0.2, 0.25) is 5.91 Å². The predicted molar refractivity (Wildman–Crippen MR) is 83.8 cm³/mol. The molecule has 0 heterocycles. The third-order valence-corrected chi connectivity index (χ3v) is 2.88. The minimum Gasteiger partial charge on any atom is -0.496 e. The first-order valence-corrected chi connectivity index (χ1v) is 6.46. The molecule has 0 atom stereocenters. The van der Waals surface area contributed by atoms with Crippen LogP contribution in [0, 0.1) is 10.1 Å². The largest absolute Gasteiger partial charge is 0.496 e. The van der Waals surface area contributed by atoms with Crippen LogP contribution in [0.3, 0.4) is 0 Å². The molecule has 0 saturated heterocycles.